The highest BCUT2D eigenvalue weighted by Gasteiger charge is 2.45. The first-order chi connectivity index (χ1) is 29.3. The van der Waals surface area contributed by atoms with Gasteiger partial charge in [0.15, 0.2) is 0 Å². The molecule has 0 saturated carbocycles. The number of imidazole rings is 2. The summed E-state index contributed by atoms with van der Waals surface area (Å²) in [7, 11) is 0. The van der Waals surface area contributed by atoms with Crippen molar-refractivity contribution in [1.29, 1.82) is 0 Å². The maximum absolute atomic E-state index is 11.6. The van der Waals surface area contributed by atoms with Crippen LogP contribution in [0.15, 0.2) is 165 Å². The van der Waals surface area contributed by atoms with Gasteiger partial charge in [0.05, 0.1) is 36.9 Å². The van der Waals surface area contributed by atoms with E-state index in [1.165, 1.54) is 22.3 Å². The van der Waals surface area contributed by atoms with Crippen LogP contribution in [0, 0.1) is 0 Å². The van der Waals surface area contributed by atoms with Crippen LogP contribution in [0.1, 0.15) is 29.7 Å². The number of carbonyl (C=O) groups excluding carboxylic acids is 1. The van der Waals surface area contributed by atoms with Crippen molar-refractivity contribution < 1.29 is 19.0 Å². The van der Waals surface area contributed by atoms with Gasteiger partial charge < -0.3 is 33.1 Å². The molecule has 2 aromatic heterocycles. The highest BCUT2D eigenvalue weighted by molar-refractivity contribution is 6.35. The van der Waals surface area contributed by atoms with Crippen molar-refractivity contribution in [2.75, 3.05) is 44.3 Å². The van der Waals surface area contributed by atoms with E-state index in [9.17, 15) is 4.79 Å². The molecule has 0 N–H and O–H groups in total. The van der Waals surface area contributed by atoms with E-state index in [0.717, 1.165) is 37.6 Å². The van der Waals surface area contributed by atoms with Gasteiger partial charge in [0.25, 0.3) is 0 Å². The summed E-state index contributed by atoms with van der Waals surface area (Å²) in [5.41, 5.74) is 6.79. The van der Waals surface area contributed by atoms with Crippen molar-refractivity contribution in [1.82, 2.24) is 24.0 Å². The third kappa shape index (κ3) is 9.75. The fourth-order valence-corrected chi connectivity index (χ4v) is 8.23. The number of carbonyl (C=O) groups is 1. The zero-order valence-electron chi connectivity index (χ0n) is 33.3. The van der Waals surface area contributed by atoms with Crippen LogP contribution in [0.2, 0.25) is 10.0 Å². The second-order valence-electron chi connectivity index (χ2n) is 14.8. The Morgan fingerprint density at radius 2 is 1.45 bits per heavy atom. The van der Waals surface area contributed by atoms with E-state index in [-0.39, 0.29) is 18.1 Å². The number of halogens is 2. The number of nitrogens with zero attached hydrogens (tertiary/aromatic N) is 6. The monoisotopic (exact) mass is 840 g/mol. The van der Waals surface area contributed by atoms with Gasteiger partial charge in [-0.05, 0) is 58.7 Å². The van der Waals surface area contributed by atoms with Gasteiger partial charge in [-0.2, -0.15) is 0 Å². The minimum Gasteiger partial charge on any atom is -0.491 e. The van der Waals surface area contributed by atoms with Crippen molar-refractivity contribution in [2.24, 2.45) is 0 Å². The minimum atomic E-state index is -1.08. The average molecular weight is 842 g/mol. The largest absolute Gasteiger partial charge is 0.491 e. The molecule has 9 rings (SSSR count). The predicted octanol–water partition coefficient (Wildman–Crippen LogP) is 9.39. The third-order valence-electron chi connectivity index (χ3n) is 10.8. The summed E-state index contributed by atoms with van der Waals surface area (Å²) in [6.07, 6.45) is 10.7. The molecule has 2 aliphatic rings. The van der Waals surface area contributed by atoms with Crippen molar-refractivity contribution in [3.63, 3.8) is 0 Å². The Hall–Kier alpha value is -5.91. The molecule has 4 heterocycles. The molecule has 2 fully saturated rings. The number of benzene rings is 5. The van der Waals surface area contributed by atoms with Gasteiger partial charge in [0.1, 0.15) is 18.5 Å². The number of hydrogen-bond acceptors (Lipinski definition) is 7. The van der Waals surface area contributed by atoms with Gasteiger partial charge in [-0.15, -0.1) is 0 Å². The molecule has 2 saturated heterocycles. The Balaban J connectivity index is 0.000000180. The predicted molar refractivity (Wildman–Crippen MR) is 235 cm³/mol. The fourth-order valence-electron chi connectivity index (χ4n) is 7.68. The minimum absolute atomic E-state index is 0.129. The molecule has 0 radical (unpaired) electrons. The van der Waals surface area contributed by atoms with Gasteiger partial charge >= 0.3 is 0 Å². The maximum Gasteiger partial charge on any atom is 0.219 e. The van der Waals surface area contributed by atoms with Gasteiger partial charge in [0, 0.05) is 74.2 Å². The third-order valence-corrected chi connectivity index (χ3v) is 11.3. The first-order valence-corrected chi connectivity index (χ1v) is 20.7. The molecule has 7 aromatic rings. The summed E-state index contributed by atoms with van der Waals surface area (Å²) >= 11 is 12.7. The Morgan fingerprint density at radius 3 is 2.10 bits per heavy atom. The van der Waals surface area contributed by atoms with Gasteiger partial charge in [-0.3, -0.25) is 4.79 Å². The Morgan fingerprint density at radius 1 is 0.783 bits per heavy atom. The second-order valence-corrected chi connectivity index (χ2v) is 15.6. The zero-order valence-corrected chi connectivity index (χ0v) is 34.8. The van der Waals surface area contributed by atoms with Crippen molar-refractivity contribution in [2.45, 2.75) is 31.4 Å². The number of piperazine rings is 1. The van der Waals surface area contributed by atoms with Crippen molar-refractivity contribution in [3.8, 4) is 16.9 Å². The molecule has 2 aliphatic heterocycles. The molecule has 1 amide bonds. The number of ether oxygens (including phenoxy) is 3. The molecular formula is C48H46Cl2N6O4. The standard InChI is InChI=1S/C26H28Cl2N4O4.C22H18N2/c1-19(33)31-10-12-32(13-11-31)21-3-5-22(6-4-21)34-15-23-16-35-26(36-23,17-30-9-8-29-18-30)24-7-2-20(27)14-25(24)28;1-3-7-18(8-4-1)19-11-13-21(14-12-19)22(24-16-15-23-17-24)20-9-5-2-6-10-20/h2-9,14,18,23H,10-13,15-17H2,1H3;1-17,22H/t23-,26-;/m0./s1. The van der Waals surface area contributed by atoms with Crippen LogP contribution in [-0.2, 0) is 26.6 Å². The Labute approximate surface area is 360 Å². The van der Waals surface area contributed by atoms with Crippen molar-refractivity contribution in [3.05, 3.63) is 192 Å². The lowest BCUT2D eigenvalue weighted by atomic mass is 9.96. The lowest BCUT2D eigenvalue weighted by molar-refractivity contribution is -0.189. The summed E-state index contributed by atoms with van der Waals surface area (Å²) in [4.78, 5) is 24.1. The quantitative estimate of drug-likeness (QED) is 0.128. The smallest absolute Gasteiger partial charge is 0.219 e. The molecule has 306 valence electrons. The van der Waals surface area contributed by atoms with E-state index in [1.807, 2.05) is 76.8 Å². The van der Waals surface area contributed by atoms with E-state index in [1.54, 1.807) is 31.6 Å². The van der Waals surface area contributed by atoms with E-state index in [2.05, 4.69) is 92.2 Å². The highest BCUT2D eigenvalue weighted by Crippen LogP contribution is 2.41. The van der Waals surface area contributed by atoms with Crippen molar-refractivity contribution >= 4 is 34.8 Å². The van der Waals surface area contributed by atoms with E-state index in [0.29, 0.717) is 35.4 Å². The molecule has 0 spiro atoms. The maximum atomic E-state index is 11.6. The number of rotatable bonds is 11. The topological polar surface area (TPSA) is 86.9 Å². The van der Waals surface area contributed by atoms with Crippen LogP contribution in [-0.4, -0.2) is 75.4 Å². The Kier molecular flexibility index (Phi) is 12.9. The number of anilines is 1. The number of hydrogen-bond donors (Lipinski definition) is 0. The number of amides is 1. The molecule has 10 nitrogen and oxygen atoms in total. The van der Waals surface area contributed by atoms with Crippen LogP contribution < -0.4 is 9.64 Å². The Bertz CT molecular complexity index is 2410. The molecule has 1 unspecified atom stereocenters. The molecule has 0 aliphatic carbocycles. The molecule has 0 bridgehead atoms. The highest BCUT2D eigenvalue weighted by atomic mass is 35.5. The summed E-state index contributed by atoms with van der Waals surface area (Å²) < 4.78 is 22.8. The van der Waals surface area contributed by atoms with Crippen LogP contribution >= 0.6 is 23.2 Å². The molecule has 60 heavy (non-hydrogen) atoms. The normalized spacial score (nSPS) is 18.1. The lowest BCUT2D eigenvalue weighted by Crippen LogP contribution is -2.48. The lowest BCUT2D eigenvalue weighted by Gasteiger charge is -2.35. The zero-order chi connectivity index (χ0) is 41.3. The van der Waals surface area contributed by atoms with E-state index >= 15 is 0 Å². The van der Waals surface area contributed by atoms with Gasteiger partial charge in [0.2, 0.25) is 11.7 Å². The summed E-state index contributed by atoms with van der Waals surface area (Å²) in [5, 5.41) is 1.02. The first kappa shape index (κ1) is 40.9. The SMILES string of the molecule is CC(=O)N1CCN(c2ccc(OC[C@H]3CO[C@](Cn4ccnc4)(c4ccc(Cl)cc4Cl)O3)cc2)CC1.c1ccc(-c2ccc(C(c3ccccc3)n3ccnc3)cc2)cc1. The van der Waals surface area contributed by atoms with E-state index < -0.39 is 5.79 Å². The average Bonchev–Trinajstić information content (AvgIpc) is 4.09. The molecule has 5 aromatic carbocycles. The first-order valence-electron chi connectivity index (χ1n) is 20.0. The fraction of sp³-hybridized carbons (Fsp3) is 0.229. The molecule has 3 atom stereocenters. The van der Waals surface area contributed by atoms with Gasteiger partial charge in [-0.1, -0.05) is 114 Å². The van der Waals surface area contributed by atoms with E-state index in [4.69, 9.17) is 37.4 Å². The summed E-state index contributed by atoms with van der Waals surface area (Å²) in [5.74, 6) is -0.201. The van der Waals surface area contributed by atoms with Crippen LogP contribution in [0.3, 0.4) is 0 Å². The van der Waals surface area contributed by atoms with Gasteiger partial charge in [-0.25, -0.2) is 9.97 Å². The number of aromatic nitrogens is 4. The van der Waals surface area contributed by atoms with Crippen LogP contribution in [0.25, 0.3) is 11.1 Å². The van der Waals surface area contributed by atoms with Crippen LogP contribution in [0.4, 0.5) is 5.69 Å². The second kappa shape index (κ2) is 19.0. The molecular weight excluding hydrogens is 795 g/mol. The van der Waals surface area contributed by atoms with Crippen LogP contribution in [0.5, 0.6) is 5.75 Å². The summed E-state index contributed by atoms with van der Waals surface area (Å²) in [6.45, 7) is 5.80. The summed E-state index contributed by atoms with van der Waals surface area (Å²) in [6, 6.07) is 43.2. The molecule has 12 heteroatoms.